The number of amides is 1. The van der Waals surface area contributed by atoms with E-state index in [1.54, 1.807) is 10.7 Å². The van der Waals surface area contributed by atoms with E-state index in [2.05, 4.69) is 10.4 Å². The summed E-state index contributed by atoms with van der Waals surface area (Å²) >= 11 is 0. The van der Waals surface area contributed by atoms with Gasteiger partial charge in [-0.3, -0.25) is 4.79 Å². The van der Waals surface area contributed by atoms with Crippen LogP contribution in [0.4, 0.5) is 5.69 Å². The van der Waals surface area contributed by atoms with Gasteiger partial charge in [-0.05, 0) is 58.4 Å². The average Bonchev–Trinajstić information content (AvgIpc) is 2.97. The molecule has 0 fully saturated rings. The standard InChI is InChI=1S/C23H25N3O3/c1-14-7-10-19(11-8-14)26-18(5)22(17(4)25-26)24-21(27)13-29-23(28)20-12-15(2)6-9-16(20)3/h6-12H,13H2,1-5H3,(H,24,27). The molecule has 1 amide bonds. The predicted molar refractivity (Wildman–Crippen MR) is 113 cm³/mol. The Kier molecular flexibility index (Phi) is 5.82. The summed E-state index contributed by atoms with van der Waals surface area (Å²) in [6.45, 7) is 9.12. The van der Waals surface area contributed by atoms with E-state index in [4.69, 9.17) is 4.74 Å². The van der Waals surface area contributed by atoms with Gasteiger partial charge in [-0.15, -0.1) is 0 Å². The van der Waals surface area contributed by atoms with Crippen LogP contribution in [0.2, 0.25) is 0 Å². The third kappa shape index (κ3) is 4.54. The van der Waals surface area contributed by atoms with Crippen molar-refractivity contribution in [2.75, 3.05) is 11.9 Å². The van der Waals surface area contributed by atoms with Crippen molar-refractivity contribution in [3.05, 3.63) is 76.1 Å². The van der Waals surface area contributed by atoms with Gasteiger partial charge in [-0.25, -0.2) is 9.48 Å². The molecular formula is C23H25N3O3. The number of rotatable bonds is 5. The van der Waals surface area contributed by atoms with Crippen LogP contribution in [0, 0.1) is 34.6 Å². The molecule has 6 nitrogen and oxygen atoms in total. The van der Waals surface area contributed by atoms with Gasteiger partial charge in [0.15, 0.2) is 6.61 Å². The second-order valence-electron chi connectivity index (χ2n) is 7.24. The molecule has 0 aliphatic rings. The van der Waals surface area contributed by atoms with Gasteiger partial charge in [0.25, 0.3) is 5.91 Å². The minimum absolute atomic E-state index is 0.360. The van der Waals surface area contributed by atoms with Gasteiger partial charge >= 0.3 is 5.97 Å². The van der Waals surface area contributed by atoms with Crippen molar-refractivity contribution in [3.63, 3.8) is 0 Å². The Balaban J connectivity index is 1.69. The van der Waals surface area contributed by atoms with Crippen molar-refractivity contribution >= 4 is 17.6 Å². The van der Waals surface area contributed by atoms with E-state index in [9.17, 15) is 9.59 Å². The smallest absolute Gasteiger partial charge is 0.338 e. The fourth-order valence-electron chi connectivity index (χ4n) is 3.10. The van der Waals surface area contributed by atoms with Gasteiger partial charge in [-0.1, -0.05) is 35.4 Å². The Morgan fingerprint density at radius 3 is 2.31 bits per heavy atom. The maximum Gasteiger partial charge on any atom is 0.338 e. The summed E-state index contributed by atoms with van der Waals surface area (Å²) in [6, 6.07) is 13.5. The number of hydrogen-bond donors (Lipinski definition) is 1. The lowest BCUT2D eigenvalue weighted by molar-refractivity contribution is -0.119. The van der Waals surface area contributed by atoms with E-state index in [0.29, 0.717) is 16.9 Å². The molecule has 0 radical (unpaired) electrons. The van der Waals surface area contributed by atoms with E-state index in [1.807, 2.05) is 71.0 Å². The lowest BCUT2D eigenvalue weighted by Crippen LogP contribution is -2.22. The number of aromatic nitrogens is 2. The van der Waals surface area contributed by atoms with Crippen LogP contribution in [0.5, 0.6) is 0 Å². The van der Waals surface area contributed by atoms with Gasteiger partial charge in [0, 0.05) is 0 Å². The monoisotopic (exact) mass is 391 g/mol. The molecule has 1 N–H and O–H groups in total. The van der Waals surface area contributed by atoms with E-state index in [-0.39, 0.29) is 6.61 Å². The first-order valence-corrected chi connectivity index (χ1v) is 9.43. The highest BCUT2D eigenvalue weighted by Gasteiger charge is 2.17. The minimum Gasteiger partial charge on any atom is -0.452 e. The van der Waals surface area contributed by atoms with Crippen LogP contribution >= 0.6 is 0 Å². The number of carbonyl (C=O) groups is 2. The van der Waals surface area contributed by atoms with Crippen LogP contribution in [0.25, 0.3) is 5.69 Å². The molecule has 3 rings (SSSR count). The zero-order valence-corrected chi connectivity index (χ0v) is 17.4. The molecular weight excluding hydrogens is 366 g/mol. The van der Waals surface area contributed by atoms with E-state index in [1.165, 1.54) is 0 Å². The number of carbonyl (C=O) groups excluding carboxylic acids is 2. The minimum atomic E-state index is -0.509. The molecule has 1 heterocycles. The summed E-state index contributed by atoms with van der Waals surface area (Å²) in [5.74, 6) is -0.913. The molecule has 0 bridgehead atoms. The second-order valence-corrected chi connectivity index (χ2v) is 7.24. The van der Waals surface area contributed by atoms with Crippen molar-refractivity contribution in [1.82, 2.24) is 9.78 Å². The number of aryl methyl sites for hydroxylation is 4. The highest BCUT2D eigenvalue weighted by Crippen LogP contribution is 2.23. The highest BCUT2D eigenvalue weighted by atomic mass is 16.5. The van der Waals surface area contributed by atoms with Gasteiger partial charge in [-0.2, -0.15) is 5.10 Å². The number of nitrogens with one attached hydrogen (secondary N) is 1. The fourth-order valence-corrected chi connectivity index (χ4v) is 3.10. The summed E-state index contributed by atoms with van der Waals surface area (Å²) in [6.07, 6.45) is 0. The summed E-state index contributed by atoms with van der Waals surface area (Å²) < 4.78 is 6.99. The molecule has 0 saturated heterocycles. The van der Waals surface area contributed by atoms with E-state index < -0.39 is 11.9 Å². The zero-order valence-electron chi connectivity index (χ0n) is 17.4. The first kappa shape index (κ1) is 20.3. The summed E-state index contributed by atoms with van der Waals surface area (Å²) in [7, 11) is 0. The number of anilines is 1. The lowest BCUT2D eigenvalue weighted by atomic mass is 10.1. The first-order chi connectivity index (χ1) is 13.8. The van der Waals surface area contributed by atoms with Crippen molar-refractivity contribution in [2.24, 2.45) is 0 Å². The number of esters is 1. The SMILES string of the molecule is Cc1ccc(-n2nc(C)c(NC(=O)COC(=O)c3cc(C)ccc3C)c2C)cc1. The molecule has 150 valence electrons. The summed E-state index contributed by atoms with van der Waals surface area (Å²) in [5, 5.41) is 7.33. The summed E-state index contributed by atoms with van der Waals surface area (Å²) in [4.78, 5) is 24.7. The largest absolute Gasteiger partial charge is 0.452 e. The average molecular weight is 391 g/mol. The van der Waals surface area contributed by atoms with E-state index >= 15 is 0 Å². The molecule has 0 saturated carbocycles. The van der Waals surface area contributed by atoms with Gasteiger partial charge < -0.3 is 10.1 Å². The number of nitrogens with zero attached hydrogens (tertiary/aromatic N) is 2. The van der Waals surface area contributed by atoms with Gasteiger partial charge in [0.2, 0.25) is 0 Å². The van der Waals surface area contributed by atoms with Gasteiger partial charge in [0.1, 0.15) is 0 Å². The Labute approximate surface area is 170 Å². The topological polar surface area (TPSA) is 73.2 Å². The maximum atomic E-state index is 12.4. The highest BCUT2D eigenvalue weighted by molar-refractivity contribution is 5.96. The Morgan fingerprint density at radius 1 is 0.966 bits per heavy atom. The number of hydrogen-bond acceptors (Lipinski definition) is 4. The molecule has 1 aromatic heterocycles. The molecule has 0 unspecified atom stereocenters. The van der Waals surface area contributed by atoms with Crippen LogP contribution in [0.1, 0.15) is 38.4 Å². The molecule has 0 spiro atoms. The van der Waals surface area contributed by atoms with Crippen LogP contribution in [0.15, 0.2) is 42.5 Å². The zero-order chi connectivity index (χ0) is 21.1. The lowest BCUT2D eigenvalue weighted by Gasteiger charge is -2.09. The summed E-state index contributed by atoms with van der Waals surface area (Å²) in [5.41, 5.74) is 6.44. The molecule has 3 aromatic rings. The van der Waals surface area contributed by atoms with Gasteiger partial charge in [0.05, 0.1) is 28.3 Å². The van der Waals surface area contributed by atoms with Crippen molar-refractivity contribution in [3.8, 4) is 5.69 Å². The van der Waals surface area contributed by atoms with Crippen molar-refractivity contribution in [1.29, 1.82) is 0 Å². The van der Waals surface area contributed by atoms with Crippen molar-refractivity contribution < 1.29 is 14.3 Å². The second kappa shape index (κ2) is 8.31. The van der Waals surface area contributed by atoms with Crippen LogP contribution in [-0.2, 0) is 9.53 Å². The number of ether oxygens (including phenoxy) is 1. The maximum absolute atomic E-state index is 12.4. The number of benzene rings is 2. The quantitative estimate of drug-likeness (QED) is 0.661. The molecule has 29 heavy (non-hydrogen) atoms. The Bertz CT molecular complexity index is 1070. The molecule has 6 heteroatoms. The Hall–Kier alpha value is -3.41. The van der Waals surface area contributed by atoms with Crippen molar-refractivity contribution in [2.45, 2.75) is 34.6 Å². The normalized spacial score (nSPS) is 10.7. The molecule has 0 aliphatic carbocycles. The van der Waals surface area contributed by atoms with E-state index in [0.717, 1.165) is 28.1 Å². The van der Waals surface area contributed by atoms with Crippen LogP contribution < -0.4 is 5.32 Å². The third-order valence-electron chi connectivity index (χ3n) is 4.78. The first-order valence-electron chi connectivity index (χ1n) is 9.43. The Morgan fingerprint density at radius 2 is 1.62 bits per heavy atom. The predicted octanol–water partition coefficient (Wildman–Crippen LogP) is 4.21. The fraction of sp³-hybridized carbons (Fsp3) is 0.261. The molecule has 0 aliphatic heterocycles. The van der Waals surface area contributed by atoms with Crippen LogP contribution in [0.3, 0.4) is 0 Å². The van der Waals surface area contributed by atoms with Crippen LogP contribution in [-0.4, -0.2) is 28.3 Å². The molecule has 2 aromatic carbocycles. The molecule has 0 atom stereocenters. The third-order valence-corrected chi connectivity index (χ3v) is 4.78.